The maximum absolute atomic E-state index is 13.9. The topological polar surface area (TPSA) is 45.2 Å². The Morgan fingerprint density at radius 2 is 2.11 bits per heavy atom. The van der Waals surface area contributed by atoms with Crippen molar-refractivity contribution in [2.24, 2.45) is 0 Å². The second-order valence-electron chi connectivity index (χ2n) is 6.66. The normalized spacial score (nSPS) is 18.1. The number of nitrogens with one attached hydrogen (secondary N) is 1. The van der Waals surface area contributed by atoms with E-state index in [4.69, 9.17) is 0 Å². The second-order valence-corrected chi connectivity index (χ2v) is 7.74. The van der Waals surface area contributed by atoms with Gasteiger partial charge in [0.1, 0.15) is 5.82 Å². The number of rotatable bonds is 4. The zero-order valence-electron chi connectivity index (χ0n) is 14.9. The number of hydrogen-bond acceptors (Lipinski definition) is 4. The zero-order valence-corrected chi connectivity index (χ0v) is 15.7. The first-order valence-corrected chi connectivity index (χ1v) is 9.34. The molecule has 0 saturated carbocycles. The van der Waals surface area contributed by atoms with Crippen LogP contribution in [0.5, 0.6) is 0 Å². The summed E-state index contributed by atoms with van der Waals surface area (Å²) >= 11 is 1.20. The maximum atomic E-state index is 13.9. The lowest BCUT2D eigenvalue weighted by Gasteiger charge is -2.20. The minimum atomic E-state index is -4.66. The van der Waals surface area contributed by atoms with Crippen LogP contribution in [0.1, 0.15) is 37.1 Å². The van der Waals surface area contributed by atoms with E-state index in [0.717, 1.165) is 31.5 Å². The lowest BCUT2D eigenvalue weighted by atomic mass is 10.1. The molecule has 27 heavy (non-hydrogen) atoms. The standard InChI is InChI=1S/C18H19F4N3OS/c1-10-4-3-5-25(10)9-15-16(24-17(27-15)23-11(2)26)12-6-13(18(20,21)22)8-14(19)7-12/h6-8,10H,3-5,9H2,1-2H3,(H,23,24,26)/t10-/m1/s1. The molecule has 0 radical (unpaired) electrons. The van der Waals surface area contributed by atoms with Gasteiger partial charge >= 0.3 is 6.18 Å². The number of benzene rings is 1. The van der Waals surface area contributed by atoms with Crippen molar-refractivity contribution in [3.05, 3.63) is 34.5 Å². The predicted octanol–water partition coefficient (Wildman–Crippen LogP) is 4.91. The van der Waals surface area contributed by atoms with E-state index in [1.807, 2.05) is 0 Å². The predicted molar refractivity (Wildman–Crippen MR) is 95.9 cm³/mol. The fourth-order valence-corrected chi connectivity index (χ4v) is 4.25. The van der Waals surface area contributed by atoms with Gasteiger partial charge in [0.15, 0.2) is 5.13 Å². The first-order valence-electron chi connectivity index (χ1n) is 8.53. The number of nitrogens with zero attached hydrogens (tertiary/aromatic N) is 2. The van der Waals surface area contributed by atoms with Gasteiger partial charge in [-0.3, -0.25) is 9.69 Å². The summed E-state index contributed by atoms with van der Waals surface area (Å²) in [6, 6.07) is 2.75. The number of anilines is 1. The molecule has 1 atom stereocenters. The number of carbonyl (C=O) groups is 1. The van der Waals surface area contributed by atoms with Gasteiger partial charge in [0.05, 0.1) is 11.3 Å². The highest BCUT2D eigenvalue weighted by atomic mass is 32.1. The Kier molecular flexibility index (Phi) is 5.53. The van der Waals surface area contributed by atoms with Crippen molar-refractivity contribution >= 4 is 22.4 Å². The smallest absolute Gasteiger partial charge is 0.302 e. The molecule has 0 aliphatic carbocycles. The van der Waals surface area contributed by atoms with Crippen molar-refractivity contribution < 1.29 is 22.4 Å². The molecule has 0 unspecified atom stereocenters. The number of halogens is 4. The Labute approximate surface area is 158 Å². The van der Waals surface area contributed by atoms with Crippen LogP contribution in [0.25, 0.3) is 11.3 Å². The molecule has 1 N–H and O–H groups in total. The monoisotopic (exact) mass is 401 g/mol. The van der Waals surface area contributed by atoms with Crippen molar-refractivity contribution in [3.8, 4) is 11.3 Å². The molecule has 1 aromatic carbocycles. The molecular formula is C18H19F4N3OS. The quantitative estimate of drug-likeness (QED) is 0.741. The molecule has 4 nitrogen and oxygen atoms in total. The Morgan fingerprint density at radius 3 is 2.70 bits per heavy atom. The minimum Gasteiger partial charge on any atom is -0.302 e. The van der Waals surface area contributed by atoms with E-state index in [1.54, 1.807) is 0 Å². The Morgan fingerprint density at radius 1 is 1.37 bits per heavy atom. The molecule has 3 rings (SSSR count). The molecule has 1 aromatic heterocycles. The molecule has 2 aromatic rings. The number of aromatic nitrogens is 1. The van der Waals surface area contributed by atoms with E-state index >= 15 is 0 Å². The van der Waals surface area contributed by atoms with Gasteiger partial charge in [-0.15, -0.1) is 0 Å². The van der Waals surface area contributed by atoms with Crippen LogP contribution in [0.2, 0.25) is 0 Å². The summed E-state index contributed by atoms with van der Waals surface area (Å²) in [5.41, 5.74) is -0.739. The van der Waals surface area contributed by atoms with Gasteiger partial charge in [0, 0.05) is 30.0 Å². The number of amides is 1. The van der Waals surface area contributed by atoms with Crippen molar-refractivity contribution in [1.82, 2.24) is 9.88 Å². The van der Waals surface area contributed by atoms with E-state index in [-0.39, 0.29) is 22.3 Å². The Balaban J connectivity index is 2.03. The van der Waals surface area contributed by atoms with Crippen LogP contribution < -0.4 is 5.32 Å². The number of likely N-dealkylation sites (tertiary alicyclic amines) is 1. The molecule has 1 aliphatic heterocycles. The largest absolute Gasteiger partial charge is 0.416 e. The molecule has 1 saturated heterocycles. The second kappa shape index (κ2) is 7.55. The van der Waals surface area contributed by atoms with E-state index in [0.29, 0.717) is 23.5 Å². The van der Waals surface area contributed by atoms with E-state index < -0.39 is 17.6 Å². The highest BCUT2D eigenvalue weighted by Gasteiger charge is 2.32. The van der Waals surface area contributed by atoms with E-state index in [2.05, 4.69) is 22.1 Å². The minimum absolute atomic E-state index is 0.0528. The third-order valence-corrected chi connectivity index (χ3v) is 5.47. The Bertz CT molecular complexity index is 850. The lowest BCUT2D eigenvalue weighted by molar-refractivity contribution is -0.137. The molecule has 1 aliphatic rings. The summed E-state index contributed by atoms with van der Waals surface area (Å²) in [6.07, 6.45) is -2.56. The number of thiazole rings is 1. The van der Waals surface area contributed by atoms with Crippen LogP contribution in [0.3, 0.4) is 0 Å². The molecule has 2 heterocycles. The van der Waals surface area contributed by atoms with Crippen molar-refractivity contribution in [3.63, 3.8) is 0 Å². The maximum Gasteiger partial charge on any atom is 0.416 e. The van der Waals surface area contributed by atoms with Crippen LogP contribution in [0.4, 0.5) is 22.7 Å². The molecule has 0 spiro atoms. The number of hydrogen-bond donors (Lipinski definition) is 1. The molecule has 146 valence electrons. The molecule has 1 fully saturated rings. The van der Waals surface area contributed by atoms with Gasteiger partial charge in [-0.05, 0) is 44.5 Å². The van der Waals surface area contributed by atoms with Crippen molar-refractivity contribution in [1.29, 1.82) is 0 Å². The molecular weight excluding hydrogens is 382 g/mol. The van der Waals surface area contributed by atoms with Gasteiger partial charge in [0.2, 0.25) is 5.91 Å². The summed E-state index contributed by atoms with van der Waals surface area (Å²) in [7, 11) is 0. The summed E-state index contributed by atoms with van der Waals surface area (Å²) in [4.78, 5) is 18.5. The first kappa shape index (κ1) is 19.8. The van der Waals surface area contributed by atoms with E-state index in [9.17, 15) is 22.4 Å². The van der Waals surface area contributed by atoms with Crippen LogP contribution in [-0.2, 0) is 17.5 Å². The Hall–Kier alpha value is -2.00. The average Bonchev–Trinajstić information content (AvgIpc) is 3.12. The summed E-state index contributed by atoms with van der Waals surface area (Å²) in [6.45, 7) is 4.79. The molecule has 0 bridgehead atoms. The fourth-order valence-electron chi connectivity index (χ4n) is 3.19. The molecule has 9 heteroatoms. The summed E-state index contributed by atoms with van der Waals surface area (Å²) < 4.78 is 53.1. The fraction of sp³-hybridized carbons (Fsp3) is 0.444. The highest BCUT2D eigenvalue weighted by molar-refractivity contribution is 7.16. The van der Waals surface area contributed by atoms with Crippen LogP contribution in [0, 0.1) is 5.82 Å². The zero-order chi connectivity index (χ0) is 19.8. The van der Waals surface area contributed by atoms with Gasteiger partial charge < -0.3 is 5.32 Å². The number of carbonyl (C=O) groups excluding carboxylic acids is 1. The third-order valence-electron chi connectivity index (χ3n) is 4.52. The first-order chi connectivity index (χ1) is 12.6. The van der Waals surface area contributed by atoms with Gasteiger partial charge in [-0.1, -0.05) is 11.3 Å². The molecule has 1 amide bonds. The lowest BCUT2D eigenvalue weighted by Crippen LogP contribution is -2.25. The van der Waals surface area contributed by atoms with Gasteiger partial charge in [-0.2, -0.15) is 13.2 Å². The van der Waals surface area contributed by atoms with Gasteiger partial charge in [-0.25, -0.2) is 9.37 Å². The van der Waals surface area contributed by atoms with Crippen molar-refractivity contribution in [2.45, 2.75) is 45.5 Å². The number of alkyl halides is 3. The van der Waals surface area contributed by atoms with Crippen LogP contribution in [0.15, 0.2) is 18.2 Å². The summed E-state index contributed by atoms with van der Waals surface area (Å²) in [5.74, 6) is -1.30. The van der Waals surface area contributed by atoms with Crippen LogP contribution >= 0.6 is 11.3 Å². The highest BCUT2D eigenvalue weighted by Crippen LogP contribution is 2.37. The van der Waals surface area contributed by atoms with Crippen LogP contribution in [-0.4, -0.2) is 28.4 Å². The van der Waals surface area contributed by atoms with Gasteiger partial charge in [0.25, 0.3) is 0 Å². The van der Waals surface area contributed by atoms with E-state index in [1.165, 1.54) is 18.3 Å². The third kappa shape index (κ3) is 4.65. The SMILES string of the molecule is CC(=O)Nc1nc(-c2cc(F)cc(C(F)(F)F)c2)c(CN2CCC[C@H]2C)s1. The van der Waals surface area contributed by atoms with Crippen molar-refractivity contribution in [2.75, 3.05) is 11.9 Å². The summed E-state index contributed by atoms with van der Waals surface area (Å²) in [5, 5.41) is 2.85. The average molecular weight is 401 g/mol.